The number of nitrogens with zero attached hydrogens (tertiary/aromatic N) is 7. The lowest BCUT2D eigenvalue weighted by Gasteiger charge is -2.33. The van der Waals surface area contributed by atoms with Crippen LogP contribution in [0.3, 0.4) is 0 Å². The molecule has 0 aliphatic carbocycles. The second kappa shape index (κ2) is 12.1. The lowest BCUT2D eigenvalue weighted by molar-refractivity contribution is 0.0788. The number of hydrogen-bond donors (Lipinski definition) is 1. The number of benzene rings is 3. The molecular formula is C33H32F2N8O. The molecule has 0 bridgehead atoms. The van der Waals surface area contributed by atoms with Gasteiger partial charge >= 0.3 is 0 Å². The molecule has 4 heterocycles. The third kappa shape index (κ3) is 5.62. The van der Waals surface area contributed by atoms with Gasteiger partial charge in [0.05, 0.1) is 28.7 Å². The van der Waals surface area contributed by atoms with Crippen molar-refractivity contribution in [1.29, 1.82) is 0 Å². The molecule has 1 atom stereocenters. The number of nitrogens with one attached hydrogen (secondary N) is 1. The highest BCUT2D eigenvalue weighted by atomic mass is 19.1. The van der Waals surface area contributed by atoms with E-state index >= 15 is 0 Å². The molecular weight excluding hydrogens is 562 g/mol. The van der Waals surface area contributed by atoms with Crippen molar-refractivity contribution in [2.45, 2.75) is 37.6 Å². The monoisotopic (exact) mass is 594 g/mol. The van der Waals surface area contributed by atoms with Crippen molar-refractivity contribution in [1.82, 2.24) is 40.2 Å². The van der Waals surface area contributed by atoms with Gasteiger partial charge in [0.15, 0.2) is 0 Å². The van der Waals surface area contributed by atoms with E-state index < -0.39 is 0 Å². The Labute approximate surface area is 253 Å². The average Bonchev–Trinajstić information content (AvgIpc) is 3.84. The number of H-pyrrole nitrogens is 1. The van der Waals surface area contributed by atoms with E-state index in [1.54, 1.807) is 24.4 Å². The Morgan fingerprint density at radius 2 is 1.68 bits per heavy atom. The summed E-state index contributed by atoms with van der Waals surface area (Å²) in [6.45, 7) is 3.53. The highest BCUT2D eigenvalue weighted by Gasteiger charge is 2.34. The topological polar surface area (TPSA) is 95.8 Å². The van der Waals surface area contributed by atoms with Gasteiger partial charge in [0, 0.05) is 31.5 Å². The van der Waals surface area contributed by atoms with Gasteiger partial charge in [0.1, 0.15) is 11.6 Å². The smallest absolute Gasteiger partial charge is 0.257 e. The number of aromatic nitrogens is 6. The van der Waals surface area contributed by atoms with Gasteiger partial charge in [0.25, 0.3) is 5.91 Å². The van der Waals surface area contributed by atoms with Gasteiger partial charge in [-0.25, -0.2) is 13.5 Å². The summed E-state index contributed by atoms with van der Waals surface area (Å²) in [5, 5.41) is 18.3. The Morgan fingerprint density at radius 1 is 0.909 bits per heavy atom. The summed E-state index contributed by atoms with van der Waals surface area (Å²) < 4.78 is 30.4. The molecule has 44 heavy (non-hydrogen) atoms. The highest BCUT2D eigenvalue weighted by molar-refractivity contribution is 5.95. The zero-order valence-electron chi connectivity index (χ0n) is 24.1. The van der Waals surface area contributed by atoms with Crippen LogP contribution in [0.2, 0.25) is 0 Å². The van der Waals surface area contributed by atoms with Crippen molar-refractivity contribution in [3.8, 4) is 17.1 Å². The molecule has 2 aliphatic heterocycles. The maximum Gasteiger partial charge on any atom is 0.257 e. The van der Waals surface area contributed by atoms with Crippen LogP contribution in [-0.2, 0) is 6.54 Å². The normalized spacial score (nSPS) is 17.8. The minimum absolute atomic E-state index is 0.00797. The maximum atomic E-state index is 14.8. The minimum Gasteiger partial charge on any atom is -0.338 e. The van der Waals surface area contributed by atoms with E-state index in [0.29, 0.717) is 36.7 Å². The number of likely N-dealkylation sites (tertiary alicyclic amines) is 2. The predicted molar refractivity (Wildman–Crippen MR) is 160 cm³/mol. The van der Waals surface area contributed by atoms with Gasteiger partial charge in [0.2, 0.25) is 5.82 Å². The van der Waals surface area contributed by atoms with Gasteiger partial charge in [-0.15, -0.1) is 10.2 Å². The van der Waals surface area contributed by atoms with Crippen LogP contribution in [0.25, 0.3) is 17.1 Å². The number of tetrazole rings is 1. The third-order valence-corrected chi connectivity index (χ3v) is 8.85. The van der Waals surface area contributed by atoms with E-state index in [9.17, 15) is 13.6 Å². The number of halogens is 2. The summed E-state index contributed by atoms with van der Waals surface area (Å²) in [6, 6.07) is 21.7. The van der Waals surface area contributed by atoms with Crippen molar-refractivity contribution in [2.24, 2.45) is 0 Å². The number of piperidine rings is 1. The number of hydrogen-bond acceptors (Lipinski definition) is 6. The van der Waals surface area contributed by atoms with Crippen LogP contribution >= 0.6 is 0 Å². The van der Waals surface area contributed by atoms with Crippen LogP contribution in [0.1, 0.15) is 58.3 Å². The summed E-state index contributed by atoms with van der Waals surface area (Å²) in [6.07, 6.45) is 4.22. The van der Waals surface area contributed by atoms with E-state index in [2.05, 4.69) is 42.8 Å². The molecule has 2 saturated heterocycles. The Balaban J connectivity index is 1.09. The molecule has 2 aliphatic rings. The molecule has 224 valence electrons. The fourth-order valence-electron chi connectivity index (χ4n) is 6.55. The summed E-state index contributed by atoms with van der Waals surface area (Å²) in [5.74, 6) is -0.0963. The predicted octanol–water partition coefficient (Wildman–Crippen LogP) is 5.34. The van der Waals surface area contributed by atoms with E-state index in [0.717, 1.165) is 49.3 Å². The van der Waals surface area contributed by atoms with E-state index in [1.165, 1.54) is 23.8 Å². The van der Waals surface area contributed by atoms with Crippen molar-refractivity contribution in [3.05, 3.63) is 113 Å². The summed E-state index contributed by atoms with van der Waals surface area (Å²) in [4.78, 5) is 18.2. The van der Waals surface area contributed by atoms with Crippen molar-refractivity contribution in [2.75, 3.05) is 26.2 Å². The first-order valence-electron chi connectivity index (χ1n) is 15.0. The van der Waals surface area contributed by atoms with Crippen LogP contribution in [-0.4, -0.2) is 72.3 Å². The Kier molecular flexibility index (Phi) is 7.69. The Hall–Kier alpha value is -4.77. The molecule has 2 aromatic heterocycles. The molecule has 0 spiro atoms. The number of carbonyl (C=O) groups excluding carboxylic acids is 1. The molecule has 1 amide bonds. The number of carbonyl (C=O) groups is 1. The number of amides is 1. The van der Waals surface area contributed by atoms with E-state index in [4.69, 9.17) is 0 Å². The summed E-state index contributed by atoms with van der Waals surface area (Å²) >= 11 is 0. The zero-order valence-corrected chi connectivity index (χ0v) is 24.1. The summed E-state index contributed by atoms with van der Waals surface area (Å²) in [5.41, 5.74) is 4.63. The lowest BCUT2D eigenvalue weighted by atomic mass is 9.90. The van der Waals surface area contributed by atoms with Crippen LogP contribution in [0.15, 0.2) is 79.0 Å². The maximum absolute atomic E-state index is 14.8. The lowest BCUT2D eigenvalue weighted by Crippen LogP contribution is -2.34. The molecule has 0 saturated carbocycles. The molecule has 0 unspecified atom stereocenters. The number of aromatic amines is 1. The molecule has 11 heteroatoms. The first-order valence-corrected chi connectivity index (χ1v) is 15.0. The van der Waals surface area contributed by atoms with Gasteiger partial charge < -0.3 is 4.90 Å². The first-order chi connectivity index (χ1) is 21.5. The summed E-state index contributed by atoms with van der Waals surface area (Å²) in [7, 11) is 0. The fraction of sp³-hybridized carbons (Fsp3) is 0.303. The zero-order chi connectivity index (χ0) is 30.0. The Morgan fingerprint density at radius 3 is 2.41 bits per heavy atom. The fourth-order valence-corrected chi connectivity index (χ4v) is 6.55. The number of rotatable bonds is 7. The van der Waals surface area contributed by atoms with Gasteiger partial charge in [-0.3, -0.25) is 9.69 Å². The van der Waals surface area contributed by atoms with Gasteiger partial charge in [-0.05, 0) is 85.1 Å². The second-order valence-corrected chi connectivity index (χ2v) is 11.6. The Bertz CT molecular complexity index is 1730. The first kappa shape index (κ1) is 28.0. The van der Waals surface area contributed by atoms with E-state index in [-0.39, 0.29) is 29.3 Å². The molecule has 2 fully saturated rings. The highest BCUT2D eigenvalue weighted by Crippen LogP contribution is 2.35. The van der Waals surface area contributed by atoms with E-state index in [1.807, 2.05) is 33.8 Å². The van der Waals surface area contributed by atoms with Crippen molar-refractivity contribution in [3.63, 3.8) is 0 Å². The third-order valence-electron chi connectivity index (χ3n) is 8.85. The van der Waals surface area contributed by atoms with Crippen LogP contribution < -0.4 is 0 Å². The SMILES string of the molecule is O=C(c1cnn(-c2ccc(F)cc2)c1C1CCN(Cc2ccc(-c3nn[nH]n3)c(F)c2)CC1)N1CC[C@H](c2ccccc2)C1. The van der Waals surface area contributed by atoms with Crippen molar-refractivity contribution >= 4 is 5.91 Å². The van der Waals surface area contributed by atoms with Gasteiger partial charge in [-0.1, -0.05) is 36.4 Å². The molecule has 1 N–H and O–H groups in total. The van der Waals surface area contributed by atoms with Crippen LogP contribution in [0.5, 0.6) is 0 Å². The molecule has 5 aromatic rings. The molecule has 9 nitrogen and oxygen atoms in total. The average molecular weight is 595 g/mol. The quantitative estimate of drug-likeness (QED) is 0.273. The van der Waals surface area contributed by atoms with Gasteiger partial charge in [-0.2, -0.15) is 10.3 Å². The molecule has 7 rings (SSSR count). The van der Waals surface area contributed by atoms with Crippen LogP contribution in [0.4, 0.5) is 8.78 Å². The second-order valence-electron chi connectivity index (χ2n) is 11.6. The largest absolute Gasteiger partial charge is 0.338 e. The standard InChI is InChI=1S/C33H32F2N8O/c34-26-7-9-27(10-8-26)43-31(29(19-36-43)33(44)42-17-14-25(21-42)23-4-2-1-3-5-23)24-12-15-41(16-13-24)20-22-6-11-28(30(35)18-22)32-37-39-40-38-32/h1-11,18-19,24-25H,12-17,20-21H2,(H,37,38,39,40)/t25-/m0/s1. The molecule has 3 aromatic carbocycles. The molecule has 0 radical (unpaired) electrons. The van der Waals surface area contributed by atoms with Crippen LogP contribution in [0, 0.1) is 11.6 Å². The minimum atomic E-state index is -0.387. The van der Waals surface area contributed by atoms with Crippen molar-refractivity contribution < 1.29 is 13.6 Å².